The third kappa shape index (κ3) is 1.63. The molecule has 2 N–H and O–H groups in total. The van der Waals surface area contributed by atoms with Crippen LogP contribution in [0.3, 0.4) is 0 Å². The zero-order chi connectivity index (χ0) is 12.7. The molecule has 1 aromatic carbocycles. The molecular formula is C13H11FN2OS. The first-order valence-corrected chi connectivity index (χ1v) is 6.44. The molecule has 0 radical (unpaired) electrons. The van der Waals surface area contributed by atoms with Crippen LogP contribution in [0.2, 0.25) is 0 Å². The highest BCUT2D eigenvalue weighted by atomic mass is 32.1. The van der Waals surface area contributed by atoms with Crippen LogP contribution in [0, 0.1) is 5.82 Å². The Kier molecular flexibility index (Phi) is 2.65. The first-order valence-electron chi connectivity index (χ1n) is 5.56. The lowest BCUT2D eigenvalue weighted by molar-refractivity contribution is -0.126. The minimum absolute atomic E-state index is 0.125. The summed E-state index contributed by atoms with van der Waals surface area (Å²) in [6.45, 7) is 0. The zero-order valence-electron chi connectivity index (χ0n) is 9.42. The summed E-state index contributed by atoms with van der Waals surface area (Å²) >= 11 is 1.57. The number of hydrogen-bond acceptors (Lipinski definition) is 3. The highest BCUT2D eigenvalue weighted by Crippen LogP contribution is 2.39. The smallest absolute Gasteiger partial charge is 0.247 e. The molecule has 2 aromatic rings. The summed E-state index contributed by atoms with van der Waals surface area (Å²) < 4.78 is 12.9. The zero-order valence-corrected chi connectivity index (χ0v) is 10.2. The van der Waals surface area contributed by atoms with E-state index in [0.29, 0.717) is 5.69 Å². The maximum absolute atomic E-state index is 12.9. The molecule has 1 saturated heterocycles. The van der Waals surface area contributed by atoms with Crippen molar-refractivity contribution in [3.8, 4) is 0 Å². The Labute approximate surface area is 108 Å². The summed E-state index contributed by atoms with van der Waals surface area (Å²) in [6, 6.07) is 9.13. The van der Waals surface area contributed by atoms with Gasteiger partial charge in [0, 0.05) is 10.6 Å². The second-order valence-corrected chi connectivity index (χ2v) is 5.15. The van der Waals surface area contributed by atoms with Gasteiger partial charge in [0.05, 0.1) is 6.04 Å². The number of nitrogens with zero attached hydrogens (tertiary/aromatic N) is 1. The van der Waals surface area contributed by atoms with E-state index in [0.717, 1.165) is 4.88 Å². The van der Waals surface area contributed by atoms with Crippen LogP contribution in [-0.4, -0.2) is 11.9 Å². The summed E-state index contributed by atoms with van der Waals surface area (Å²) in [5, 5.41) is 1.95. The molecule has 3 nitrogen and oxygen atoms in total. The Morgan fingerprint density at radius 3 is 2.56 bits per heavy atom. The maximum atomic E-state index is 12.9. The predicted octanol–water partition coefficient (Wildman–Crippen LogP) is 2.30. The monoisotopic (exact) mass is 262 g/mol. The van der Waals surface area contributed by atoms with E-state index in [1.54, 1.807) is 28.4 Å². The number of carbonyl (C=O) groups excluding carboxylic acids is 1. The molecule has 0 aliphatic carbocycles. The van der Waals surface area contributed by atoms with E-state index in [2.05, 4.69) is 0 Å². The molecule has 2 heterocycles. The standard InChI is InChI=1S/C13H11FN2OS/c14-8-3-5-9(6-4-8)16-12(11(15)13(16)17)10-2-1-7-18-10/h1-7,11-12H,15H2. The number of halogens is 1. The molecular weight excluding hydrogens is 251 g/mol. The Morgan fingerprint density at radius 1 is 1.22 bits per heavy atom. The average molecular weight is 262 g/mol. The van der Waals surface area contributed by atoms with Gasteiger partial charge in [0.25, 0.3) is 0 Å². The molecule has 0 saturated carbocycles. The molecule has 3 rings (SSSR count). The van der Waals surface area contributed by atoms with E-state index < -0.39 is 6.04 Å². The maximum Gasteiger partial charge on any atom is 0.247 e. The second-order valence-electron chi connectivity index (χ2n) is 4.17. The summed E-state index contributed by atoms with van der Waals surface area (Å²) in [7, 11) is 0. The number of rotatable bonds is 2. The molecule has 18 heavy (non-hydrogen) atoms. The molecule has 1 aromatic heterocycles. The van der Waals surface area contributed by atoms with E-state index in [4.69, 9.17) is 5.73 Å². The Bertz CT molecular complexity index is 567. The molecule has 1 aliphatic rings. The van der Waals surface area contributed by atoms with Gasteiger partial charge in [-0.2, -0.15) is 0 Å². The quantitative estimate of drug-likeness (QED) is 0.844. The molecule has 0 bridgehead atoms. The topological polar surface area (TPSA) is 46.3 Å². The summed E-state index contributed by atoms with van der Waals surface area (Å²) in [6.07, 6.45) is 0. The highest BCUT2D eigenvalue weighted by molar-refractivity contribution is 7.10. The van der Waals surface area contributed by atoms with Crippen molar-refractivity contribution in [2.24, 2.45) is 5.73 Å². The lowest BCUT2D eigenvalue weighted by atomic mass is 9.93. The van der Waals surface area contributed by atoms with Crippen molar-refractivity contribution in [2.75, 3.05) is 4.90 Å². The Morgan fingerprint density at radius 2 is 1.94 bits per heavy atom. The number of benzene rings is 1. The molecule has 0 spiro atoms. The fraction of sp³-hybridized carbons (Fsp3) is 0.154. The number of nitrogens with two attached hydrogens (primary N) is 1. The van der Waals surface area contributed by atoms with Crippen molar-refractivity contribution < 1.29 is 9.18 Å². The number of amides is 1. The summed E-state index contributed by atoms with van der Waals surface area (Å²) in [5.74, 6) is -0.441. The number of thiophene rings is 1. The van der Waals surface area contributed by atoms with Crippen molar-refractivity contribution in [1.29, 1.82) is 0 Å². The normalized spacial score (nSPS) is 23.0. The fourth-order valence-corrected chi connectivity index (χ4v) is 3.03. The van der Waals surface area contributed by atoms with Crippen LogP contribution in [0.15, 0.2) is 41.8 Å². The van der Waals surface area contributed by atoms with Crippen molar-refractivity contribution >= 4 is 22.9 Å². The molecule has 1 aliphatic heterocycles. The number of anilines is 1. The first-order chi connectivity index (χ1) is 8.68. The van der Waals surface area contributed by atoms with Crippen molar-refractivity contribution in [3.05, 3.63) is 52.5 Å². The van der Waals surface area contributed by atoms with Crippen LogP contribution in [0.4, 0.5) is 10.1 Å². The van der Waals surface area contributed by atoms with Gasteiger partial charge in [0.1, 0.15) is 11.9 Å². The fourth-order valence-electron chi connectivity index (χ4n) is 2.16. The van der Waals surface area contributed by atoms with E-state index in [9.17, 15) is 9.18 Å². The average Bonchev–Trinajstić information content (AvgIpc) is 2.89. The van der Waals surface area contributed by atoms with Crippen molar-refractivity contribution in [2.45, 2.75) is 12.1 Å². The minimum Gasteiger partial charge on any atom is -0.318 e. The highest BCUT2D eigenvalue weighted by Gasteiger charge is 2.47. The van der Waals surface area contributed by atoms with Crippen LogP contribution in [0.1, 0.15) is 10.9 Å². The molecule has 1 amide bonds. The molecule has 2 atom stereocenters. The van der Waals surface area contributed by atoms with Gasteiger partial charge in [-0.3, -0.25) is 4.79 Å². The predicted molar refractivity (Wildman–Crippen MR) is 68.9 cm³/mol. The lowest BCUT2D eigenvalue weighted by Gasteiger charge is -2.44. The van der Waals surface area contributed by atoms with Gasteiger partial charge in [0.2, 0.25) is 5.91 Å². The van der Waals surface area contributed by atoms with Crippen molar-refractivity contribution in [3.63, 3.8) is 0 Å². The van der Waals surface area contributed by atoms with Gasteiger partial charge in [-0.1, -0.05) is 6.07 Å². The van der Waals surface area contributed by atoms with Crippen LogP contribution in [0.25, 0.3) is 0 Å². The third-order valence-electron chi connectivity index (χ3n) is 3.08. The van der Waals surface area contributed by atoms with Gasteiger partial charge in [0.15, 0.2) is 0 Å². The van der Waals surface area contributed by atoms with Crippen LogP contribution in [0.5, 0.6) is 0 Å². The largest absolute Gasteiger partial charge is 0.318 e. The lowest BCUT2D eigenvalue weighted by Crippen LogP contribution is -2.63. The SMILES string of the molecule is NC1C(=O)N(c2ccc(F)cc2)C1c1cccs1. The number of β-lactam (4-membered cyclic amide) rings is 1. The van der Waals surface area contributed by atoms with Crippen LogP contribution in [-0.2, 0) is 4.79 Å². The Balaban J connectivity index is 1.95. The van der Waals surface area contributed by atoms with Gasteiger partial charge < -0.3 is 10.6 Å². The Hall–Kier alpha value is -1.72. The molecule has 2 unspecified atom stereocenters. The number of carbonyl (C=O) groups is 1. The summed E-state index contributed by atoms with van der Waals surface area (Å²) in [5.41, 5.74) is 6.54. The third-order valence-corrected chi connectivity index (χ3v) is 4.02. The van der Waals surface area contributed by atoms with E-state index >= 15 is 0 Å². The minimum atomic E-state index is -0.506. The van der Waals surface area contributed by atoms with Crippen LogP contribution >= 0.6 is 11.3 Å². The first kappa shape index (κ1) is 11.4. The van der Waals surface area contributed by atoms with Crippen LogP contribution < -0.4 is 10.6 Å². The molecule has 5 heteroatoms. The van der Waals surface area contributed by atoms with Gasteiger partial charge in [-0.05, 0) is 35.7 Å². The number of hydrogen-bond donors (Lipinski definition) is 1. The van der Waals surface area contributed by atoms with E-state index in [1.165, 1.54) is 12.1 Å². The molecule has 1 fully saturated rings. The van der Waals surface area contributed by atoms with Gasteiger partial charge in [-0.15, -0.1) is 11.3 Å². The van der Waals surface area contributed by atoms with Crippen molar-refractivity contribution in [1.82, 2.24) is 0 Å². The summed E-state index contributed by atoms with van der Waals surface area (Å²) in [4.78, 5) is 14.5. The second kappa shape index (κ2) is 4.19. The molecule has 92 valence electrons. The van der Waals surface area contributed by atoms with E-state index in [1.807, 2.05) is 17.5 Å². The van der Waals surface area contributed by atoms with Gasteiger partial charge in [-0.25, -0.2) is 4.39 Å². The van der Waals surface area contributed by atoms with Gasteiger partial charge >= 0.3 is 0 Å². The van der Waals surface area contributed by atoms with E-state index in [-0.39, 0.29) is 17.8 Å².